The SMILES string of the molecule is COc1ccc(COc2ccc(C3CC(C)(C)N([OH2+])C(C)(C)C3)cc2F)c(F)c1. The van der Waals surface area contributed by atoms with E-state index in [2.05, 4.69) is 0 Å². The molecule has 2 N–H and O–H groups in total. The van der Waals surface area contributed by atoms with Crippen LogP contribution >= 0.6 is 0 Å². The number of nitrogens with zero attached hydrogens (tertiary/aromatic N) is 1. The Bertz CT molecular complexity index is 864. The van der Waals surface area contributed by atoms with Gasteiger partial charge in [-0.25, -0.2) is 8.78 Å². The van der Waals surface area contributed by atoms with Gasteiger partial charge >= 0.3 is 0 Å². The van der Waals surface area contributed by atoms with Gasteiger partial charge in [0.1, 0.15) is 18.2 Å². The smallest absolute Gasteiger partial charge is 0.165 e. The fourth-order valence-electron chi connectivity index (χ4n) is 4.33. The van der Waals surface area contributed by atoms with Crippen LogP contribution in [0.1, 0.15) is 57.6 Å². The molecule has 158 valence electrons. The minimum Gasteiger partial charge on any atom is -0.497 e. The van der Waals surface area contributed by atoms with Gasteiger partial charge in [0.25, 0.3) is 0 Å². The molecule has 0 unspecified atom stereocenters. The van der Waals surface area contributed by atoms with Gasteiger partial charge in [-0.15, -0.1) is 0 Å². The number of benzene rings is 2. The fourth-order valence-corrected chi connectivity index (χ4v) is 4.33. The van der Waals surface area contributed by atoms with E-state index < -0.39 is 11.6 Å². The monoisotopic (exact) mass is 406 g/mol. The van der Waals surface area contributed by atoms with Crippen LogP contribution in [-0.2, 0) is 6.61 Å². The maximum Gasteiger partial charge on any atom is 0.165 e. The lowest BCUT2D eigenvalue weighted by molar-refractivity contribution is -0.245. The Labute approximate surface area is 171 Å². The molecule has 1 aliphatic rings. The normalized spacial score (nSPS) is 19.2. The van der Waals surface area contributed by atoms with Crippen LogP contribution < -0.4 is 9.47 Å². The summed E-state index contributed by atoms with van der Waals surface area (Å²) in [5.41, 5.74) is 0.633. The number of hydroxylamine groups is 2. The first-order chi connectivity index (χ1) is 13.5. The average Bonchev–Trinajstić information content (AvgIpc) is 2.65. The summed E-state index contributed by atoms with van der Waals surface area (Å²) in [5.74, 6) is -0.232. The van der Waals surface area contributed by atoms with E-state index in [-0.39, 0.29) is 29.4 Å². The third-order valence-corrected chi connectivity index (χ3v) is 5.77. The molecule has 0 aliphatic carbocycles. The molecule has 0 saturated carbocycles. The van der Waals surface area contributed by atoms with Crippen LogP contribution in [0.15, 0.2) is 36.4 Å². The third kappa shape index (κ3) is 4.54. The lowest BCUT2D eigenvalue weighted by Gasteiger charge is -2.48. The Morgan fingerprint density at radius 3 is 2.21 bits per heavy atom. The molecule has 1 aliphatic heterocycles. The van der Waals surface area contributed by atoms with Crippen molar-refractivity contribution in [2.45, 2.75) is 64.1 Å². The predicted octanol–water partition coefficient (Wildman–Crippen LogP) is 4.93. The molecule has 2 aromatic rings. The average molecular weight is 406 g/mol. The molecule has 0 radical (unpaired) electrons. The zero-order valence-electron chi connectivity index (χ0n) is 17.7. The molecule has 29 heavy (non-hydrogen) atoms. The molecule has 2 aromatic carbocycles. The van der Waals surface area contributed by atoms with Crippen molar-refractivity contribution in [2.24, 2.45) is 0 Å². The molecule has 4 nitrogen and oxygen atoms in total. The van der Waals surface area contributed by atoms with Crippen LogP contribution in [0.3, 0.4) is 0 Å². The summed E-state index contributed by atoms with van der Waals surface area (Å²) < 4.78 is 39.3. The second kappa shape index (κ2) is 7.92. The number of hydrogen-bond acceptors (Lipinski definition) is 3. The summed E-state index contributed by atoms with van der Waals surface area (Å²) in [5, 5.41) is 10.0. The highest BCUT2D eigenvalue weighted by Crippen LogP contribution is 2.45. The van der Waals surface area contributed by atoms with Crippen molar-refractivity contribution in [1.29, 1.82) is 0 Å². The fraction of sp³-hybridized carbons (Fsp3) is 0.478. The molecule has 0 bridgehead atoms. The van der Waals surface area contributed by atoms with Crippen LogP contribution in [0.4, 0.5) is 8.78 Å². The molecule has 1 heterocycles. The van der Waals surface area contributed by atoms with E-state index in [1.54, 1.807) is 23.3 Å². The van der Waals surface area contributed by atoms with Crippen LogP contribution in [0.25, 0.3) is 0 Å². The topological polar surface area (TPSA) is 44.6 Å². The van der Waals surface area contributed by atoms with Crippen LogP contribution in [0.2, 0.25) is 0 Å². The van der Waals surface area contributed by atoms with Gasteiger partial charge in [0.05, 0.1) is 18.2 Å². The van der Waals surface area contributed by atoms with Crippen LogP contribution in [0.5, 0.6) is 11.5 Å². The summed E-state index contributed by atoms with van der Waals surface area (Å²) >= 11 is 0. The first-order valence-electron chi connectivity index (χ1n) is 9.80. The van der Waals surface area contributed by atoms with Crippen molar-refractivity contribution >= 4 is 0 Å². The highest BCUT2D eigenvalue weighted by atomic mass is 19.1. The van der Waals surface area contributed by atoms with E-state index in [4.69, 9.17) is 14.7 Å². The van der Waals surface area contributed by atoms with Crippen LogP contribution in [0, 0.1) is 11.6 Å². The first kappa shape index (κ1) is 21.5. The largest absolute Gasteiger partial charge is 0.497 e. The summed E-state index contributed by atoms with van der Waals surface area (Å²) in [6.07, 6.45) is 1.55. The minimum absolute atomic E-state index is 0.0661. The Morgan fingerprint density at radius 2 is 1.66 bits per heavy atom. The molecule has 6 heteroatoms. The molecular formula is C23H30F2NO3+. The van der Waals surface area contributed by atoms with Gasteiger partial charge in [-0.3, -0.25) is 0 Å². The van der Waals surface area contributed by atoms with E-state index in [1.807, 2.05) is 33.8 Å². The standard InChI is InChI=1S/C23H29F2NO3/c1-22(2)12-17(13-23(3,4)26(22)27)15-7-9-21(20(25)10-15)29-14-16-6-8-18(28-5)11-19(16)24/h6-11,17,27H,12-14H2,1-5H3/p+1. The highest BCUT2D eigenvalue weighted by molar-refractivity contribution is 5.33. The number of rotatable bonds is 5. The van der Waals surface area contributed by atoms with Gasteiger partial charge < -0.3 is 14.7 Å². The lowest BCUT2D eigenvalue weighted by atomic mass is 9.73. The molecule has 0 aromatic heterocycles. The van der Waals surface area contributed by atoms with Crippen LogP contribution in [-0.4, -0.2) is 28.5 Å². The van der Waals surface area contributed by atoms with Gasteiger partial charge in [-0.1, -0.05) is 11.1 Å². The van der Waals surface area contributed by atoms with E-state index in [0.717, 1.165) is 18.4 Å². The van der Waals surface area contributed by atoms with Gasteiger partial charge in [-0.05, 0) is 76.3 Å². The Morgan fingerprint density at radius 1 is 1.00 bits per heavy atom. The summed E-state index contributed by atoms with van der Waals surface area (Å²) in [6, 6.07) is 9.48. The molecular weight excluding hydrogens is 376 g/mol. The zero-order chi connectivity index (χ0) is 21.4. The summed E-state index contributed by atoms with van der Waals surface area (Å²) in [4.78, 5) is 0. The number of halogens is 2. The number of methoxy groups -OCH3 is 1. The van der Waals surface area contributed by atoms with Crippen molar-refractivity contribution < 1.29 is 23.5 Å². The second-order valence-electron chi connectivity index (χ2n) is 9.00. The molecule has 0 atom stereocenters. The summed E-state index contributed by atoms with van der Waals surface area (Å²) in [7, 11) is 1.47. The van der Waals surface area contributed by atoms with Crippen molar-refractivity contribution in [1.82, 2.24) is 5.06 Å². The molecule has 1 fully saturated rings. The quantitative estimate of drug-likeness (QED) is 0.662. The predicted molar refractivity (Wildman–Crippen MR) is 109 cm³/mol. The van der Waals surface area contributed by atoms with Gasteiger partial charge in [0.15, 0.2) is 11.6 Å². The van der Waals surface area contributed by atoms with E-state index >= 15 is 0 Å². The Balaban J connectivity index is 1.74. The molecule has 3 rings (SSSR count). The molecule has 0 spiro atoms. The molecule has 0 amide bonds. The Hall–Kier alpha value is -2.18. The maximum absolute atomic E-state index is 14.7. The number of hydrogen-bond donors (Lipinski definition) is 0. The van der Waals surface area contributed by atoms with Gasteiger partial charge in [-0.2, -0.15) is 0 Å². The van der Waals surface area contributed by atoms with Crippen molar-refractivity contribution in [3.8, 4) is 11.5 Å². The third-order valence-electron chi connectivity index (χ3n) is 5.77. The Kier molecular flexibility index (Phi) is 5.88. The van der Waals surface area contributed by atoms with Gasteiger partial charge in [0, 0.05) is 11.6 Å². The van der Waals surface area contributed by atoms with Crippen molar-refractivity contribution in [3.05, 3.63) is 59.2 Å². The van der Waals surface area contributed by atoms with E-state index in [9.17, 15) is 8.78 Å². The van der Waals surface area contributed by atoms with E-state index in [1.165, 1.54) is 19.2 Å². The summed E-state index contributed by atoms with van der Waals surface area (Å²) in [6.45, 7) is 8.12. The number of ether oxygens (including phenoxy) is 2. The van der Waals surface area contributed by atoms with Gasteiger partial charge in [0.2, 0.25) is 0 Å². The minimum atomic E-state index is -0.458. The van der Waals surface area contributed by atoms with Crippen molar-refractivity contribution in [2.75, 3.05) is 7.11 Å². The highest BCUT2D eigenvalue weighted by Gasteiger charge is 2.48. The van der Waals surface area contributed by atoms with E-state index in [0.29, 0.717) is 11.3 Å². The van der Waals surface area contributed by atoms with Crippen molar-refractivity contribution in [3.63, 3.8) is 0 Å². The zero-order valence-corrected chi connectivity index (χ0v) is 17.7. The lowest BCUT2D eigenvalue weighted by Crippen LogP contribution is -2.58. The second-order valence-corrected chi connectivity index (χ2v) is 9.00. The first-order valence-corrected chi connectivity index (χ1v) is 9.80. The maximum atomic E-state index is 14.7. The molecule has 1 saturated heterocycles. The number of piperidine rings is 1.